The molecule has 4 heteroatoms. The lowest BCUT2D eigenvalue weighted by molar-refractivity contribution is 0.238. The van der Waals surface area contributed by atoms with Crippen molar-refractivity contribution in [2.45, 2.75) is 39.2 Å². The topological polar surface area (TPSA) is 45.1 Å². The Morgan fingerprint density at radius 1 is 1.47 bits per heavy atom. The summed E-state index contributed by atoms with van der Waals surface area (Å²) in [6.45, 7) is 7.46. The summed E-state index contributed by atoms with van der Waals surface area (Å²) in [4.78, 5) is 10.1. The van der Waals surface area contributed by atoms with Gasteiger partial charge in [-0.25, -0.2) is 4.98 Å². The Labute approximate surface area is 113 Å². The van der Waals surface area contributed by atoms with Crippen molar-refractivity contribution in [1.82, 2.24) is 14.9 Å². The van der Waals surface area contributed by atoms with E-state index in [1.807, 2.05) is 19.3 Å². The fourth-order valence-electron chi connectivity index (χ4n) is 2.70. The van der Waals surface area contributed by atoms with Gasteiger partial charge in [0.2, 0.25) is 0 Å². The molecule has 0 aromatic carbocycles. The van der Waals surface area contributed by atoms with Crippen LogP contribution in [0.3, 0.4) is 0 Å². The minimum Gasteiger partial charge on any atom is -0.466 e. The quantitative estimate of drug-likeness (QED) is 0.918. The molecule has 0 unspecified atom stereocenters. The highest BCUT2D eigenvalue weighted by molar-refractivity contribution is 5.14. The van der Waals surface area contributed by atoms with Crippen molar-refractivity contribution >= 4 is 0 Å². The summed E-state index contributed by atoms with van der Waals surface area (Å²) >= 11 is 0. The summed E-state index contributed by atoms with van der Waals surface area (Å²) in [5.41, 5.74) is 2.53. The molecule has 0 saturated heterocycles. The van der Waals surface area contributed by atoms with Crippen molar-refractivity contribution in [3.8, 4) is 0 Å². The lowest BCUT2D eigenvalue weighted by Crippen LogP contribution is -2.32. The van der Waals surface area contributed by atoms with Crippen LogP contribution in [0.25, 0.3) is 0 Å². The highest BCUT2D eigenvalue weighted by Gasteiger charge is 2.19. The number of rotatable bonds is 4. The second-order valence-corrected chi connectivity index (χ2v) is 5.49. The lowest BCUT2D eigenvalue weighted by atomic mass is 10.0. The number of H-pyrrole nitrogens is 1. The molecular weight excluding hydrogens is 238 g/mol. The molecule has 0 aliphatic carbocycles. The molecule has 2 aromatic heterocycles. The molecular formula is C15H21N3O. The third kappa shape index (κ3) is 2.73. The Hall–Kier alpha value is -1.55. The summed E-state index contributed by atoms with van der Waals surface area (Å²) in [6.07, 6.45) is 4.01. The highest BCUT2D eigenvalue weighted by Crippen LogP contribution is 2.23. The van der Waals surface area contributed by atoms with Crippen LogP contribution in [-0.4, -0.2) is 28.0 Å². The fourth-order valence-corrected chi connectivity index (χ4v) is 2.70. The maximum atomic E-state index is 5.69. The van der Waals surface area contributed by atoms with Crippen LogP contribution >= 0.6 is 0 Å². The third-order valence-electron chi connectivity index (χ3n) is 3.98. The van der Waals surface area contributed by atoms with Gasteiger partial charge in [-0.05, 0) is 32.0 Å². The Morgan fingerprint density at radius 2 is 2.37 bits per heavy atom. The molecule has 4 nitrogen and oxygen atoms in total. The van der Waals surface area contributed by atoms with E-state index in [9.17, 15) is 0 Å². The molecule has 1 atom stereocenters. The van der Waals surface area contributed by atoms with Gasteiger partial charge in [-0.3, -0.25) is 4.90 Å². The predicted octanol–water partition coefficient (Wildman–Crippen LogP) is 2.86. The number of aromatic nitrogens is 2. The summed E-state index contributed by atoms with van der Waals surface area (Å²) in [5, 5.41) is 0. The molecule has 3 rings (SSSR count). The molecule has 0 saturated carbocycles. The van der Waals surface area contributed by atoms with Gasteiger partial charge in [0.05, 0.1) is 17.7 Å². The molecule has 0 radical (unpaired) electrons. The largest absolute Gasteiger partial charge is 0.466 e. The van der Waals surface area contributed by atoms with Crippen LogP contribution in [0, 0.1) is 6.92 Å². The molecule has 3 heterocycles. The van der Waals surface area contributed by atoms with E-state index >= 15 is 0 Å². The smallest absolute Gasteiger partial charge is 0.107 e. The van der Waals surface area contributed by atoms with E-state index in [0.29, 0.717) is 5.92 Å². The van der Waals surface area contributed by atoms with Crippen molar-refractivity contribution in [2.75, 3.05) is 13.1 Å². The Kier molecular flexibility index (Phi) is 3.42. The first-order valence-electron chi connectivity index (χ1n) is 7.02. The van der Waals surface area contributed by atoms with E-state index in [-0.39, 0.29) is 0 Å². The number of hydrogen-bond acceptors (Lipinski definition) is 3. The second kappa shape index (κ2) is 5.21. The lowest BCUT2D eigenvalue weighted by Gasteiger charge is -2.26. The van der Waals surface area contributed by atoms with Crippen molar-refractivity contribution < 1.29 is 4.42 Å². The molecule has 0 amide bonds. The molecule has 0 fully saturated rings. The number of aromatic amines is 1. The first-order chi connectivity index (χ1) is 9.22. The van der Waals surface area contributed by atoms with Crippen LogP contribution in [0.2, 0.25) is 0 Å². The summed E-state index contributed by atoms with van der Waals surface area (Å²) in [7, 11) is 0. The van der Waals surface area contributed by atoms with E-state index in [2.05, 4.69) is 27.9 Å². The third-order valence-corrected chi connectivity index (χ3v) is 3.98. The minimum absolute atomic E-state index is 0.483. The Bertz CT molecular complexity index is 543. The summed E-state index contributed by atoms with van der Waals surface area (Å²) < 4.78 is 5.69. The summed E-state index contributed by atoms with van der Waals surface area (Å²) in [6, 6.07) is 4.15. The zero-order chi connectivity index (χ0) is 13.2. The average Bonchev–Trinajstić information content (AvgIpc) is 3.03. The number of aryl methyl sites for hydroxylation is 1. The van der Waals surface area contributed by atoms with Gasteiger partial charge in [-0.15, -0.1) is 0 Å². The number of furan rings is 1. The van der Waals surface area contributed by atoms with Gasteiger partial charge >= 0.3 is 0 Å². The van der Waals surface area contributed by atoms with E-state index in [1.165, 1.54) is 11.4 Å². The van der Waals surface area contributed by atoms with Gasteiger partial charge < -0.3 is 9.40 Å². The van der Waals surface area contributed by atoms with Crippen molar-refractivity contribution in [1.29, 1.82) is 0 Å². The highest BCUT2D eigenvalue weighted by atomic mass is 16.3. The van der Waals surface area contributed by atoms with Crippen molar-refractivity contribution in [3.63, 3.8) is 0 Å². The number of nitrogens with zero attached hydrogens (tertiary/aromatic N) is 2. The van der Waals surface area contributed by atoms with Gasteiger partial charge in [0.15, 0.2) is 0 Å². The van der Waals surface area contributed by atoms with Gasteiger partial charge in [0, 0.05) is 25.4 Å². The molecule has 2 aromatic rings. The van der Waals surface area contributed by atoms with Crippen LogP contribution in [0.5, 0.6) is 0 Å². The number of hydrogen-bond donors (Lipinski definition) is 1. The molecule has 1 aliphatic heterocycles. The van der Waals surface area contributed by atoms with E-state index in [4.69, 9.17) is 4.42 Å². The molecule has 1 aliphatic rings. The number of nitrogens with one attached hydrogen (secondary N) is 1. The SMILES string of the molecule is Cc1ccc([C@@H](C)CCN2CCc3nc[nH]c3C2)o1. The average molecular weight is 259 g/mol. The van der Waals surface area contributed by atoms with E-state index in [0.717, 1.165) is 44.0 Å². The van der Waals surface area contributed by atoms with Gasteiger partial charge in [0.25, 0.3) is 0 Å². The number of fused-ring (bicyclic) bond motifs is 1. The minimum atomic E-state index is 0.483. The fraction of sp³-hybridized carbons (Fsp3) is 0.533. The van der Waals surface area contributed by atoms with Gasteiger partial charge in [-0.2, -0.15) is 0 Å². The predicted molar refractivity (Wildman–Crippen MR) is 74.0 cm³/mol. The Morgan fingerprint density at radius 3 is 3.16 bits per heavy atom. The van der Waals surface area contributed by atoms with Crippen molar-refractivity contribution in [3.05, 3.63) is 41.4 Å². The monoisotopic (exact) mass is 259 g/mol. The first-order valence-corrected chi connectivity index (χ1v) is 7.02. The maximum absolute atomic E-state index is 5.69. The maximum Gasteiger partial charge on any atom is 0.107 e. The standard InChI is InChI=1S/C15H21N3O/c1-11(15-4-3-12(2)19-15)5-7-18-8-6-13-14(9-18)17-10-16-13/h3-4,10-11H,5-9H2,1-2H3,(H,16,17)/t11-/m0/s1. The van der Waals surface area contributed by atoms with Crippen LogP contribution in [0.4, 0.5) is 0 Å². The van der Waals surface area contributed by atoms with Gasteiger partial charge in [0.1, 0.15) is 11.5 Å². The molecule has 102 valence electrons. The van der Waals surface area contributed by atoms with Crippen LogP contribution in [-0.2, 0) is 13.0 Å². The van der Waals surface area contributed by atoms with Crippen molar-refractivity contribution in [2.24, 2.45) is 0 Å². The molecule has 0 bridgehead atoms. The number of imidazole rings is 1. The normalized spacial score (nSPS) is 17.4. The zero-order valence-corrected chi connectivity index (χ0v) is 11.6. The molecule has 0 spiro atoms. The van der Waals surface area contributed by atoms with Crippen LogP contribution < -0.4 is 0 Å². The van der Waals surface area contributed by atoms with E-state index < -0.39 is 0 Å². The van der Waals surface area contributed by atoms with Crippen LogP contribution in [0.15, 0.2) is 22.9 Å². The van der Waals surface area contributed by atoms with Crippen LogP contribution in [0.1, 0.15) is 42.2 Å². The Balaban J connectivity index is 1.53. The summed E-state index contributed by atoms with van der Waals surface area (Å²) in [5.74, 6) is 2.59. The van der Waals surface area contributed by atoms with Gasteiger partial charge in [-0.1, -0.05) is 6.92 Å². The molecule has 19 heavy (non-hydrogen) atoms. The molecule has 1 N–H and O–H groups in total. The van der Waals surface area contributed by atoms with E-state index in [1.54, 1.807) is 0 Å². The zero-order valence-electron chi connectivity index (χ0n) is 11.6. The second-order valence-electron chi connectivity index (χ2n) is 5.49. The first kappa shape index (κ1) is 12.5.